The molecule has 4 rings (SSSR count). The average Bonchev–Trinajstić information content (AvgIpc) is 3.23. The van der Waals surface area contributed by atoms with Gasteiger partial charge >= 0.3 is 0 Å². The molecule has 3 aliphatic rings. The van der Waals surface area contributed by atoms with Crippen molar-refractivity contribution in [2.75, 3.05) is 38.0 Å². The lowest BCUT2D eigenvalue weighted by Crippen LogP contribution is -2.44. The molecule has 27 heavy (non-hydrogen) atoms. The fourth-order valence-electron chi connectivity index (χ4n) is 4.90. The maximum absolute atomic E-state index is 12.6. The van der Waals surface area contributed by atoms with Gasteiger partial charge in [-0.1, -0.05) is 19.3 Å². The standard InChI is InChI=1S/C21H33N5O/c27-21(26-11-4-5-12-26)19-13-22-14-20(24-19)23-18-9-6-10-25(16-18)15-17-7-2-1-3-8-17/h13-14,17-18H,1-12,15-16H2,(H,23,24)/t18-/m0/s1. The minimum Gasteiger partial charge on any atom is -0.365 e. The van der Waals surface area contributed by atoms with E-state index in [4.69, 9.17) is 0 Å². The first kappa shape index (κ1) is 18.7. The van der Waals surface area contributed by atoms with E-state index in [9.17, 15) is 4.79 Å². The van der Waals surface area contributed by atoms with Crippen molar-refractivity contribution in [1.82, 2.24) is 19.8 Å². The zero-order valence-electron chi connectivity index (χ0n) is 16.4. The summed E-state index contributed by atoms with van der Waals surface area (Å²) in [6.45, 7) is 5.22. The number of amides is 1. The fourth-order valence-corrected chi connectivity index (χ4v) is 4.90. The summed E-state index contributed by atoms with van der Waals surface area (Å²) in [6.07, 6.45) is 15.0. The Morgan fingerprint density at radius 2 is 1.81 bits per heavy atom. The van der Waals surface area contributed by atoms with Crippen molar-refractivity contribution in [1.29, 1.82) is 0 Å². The molecule has 6 heteroatoms. The summed E-state index contributed by atoms with van der Waals surface area (Å²) in [4.78, 5) is 25.9. The molecular weight excluding hydrogens is 338 g/mol. The Labute approximate surface area is 162 Å². The van der Waals surface area contributed by atoms with Gasteiger partial charge in [0.1, 0.15) is 11.5 Å². The molecule has 1 N–H and O–H groups in total. The Bertz CT molecular complexity index is 625. The van der Waals surface area contributed by atoms with Crippen molar-refractivity contribution < 1.29 is 4.79 Å². The molecule has 1 atom stereocenters. The van der Waals surface area contributed by atoms with Crippen LogP contribution in [0.4, 0.5) is 5.82 Å². The Morgan fingerprint density at radius 1 is 1.00 bits per heavy atom. The third-order valence-electron chi connectivity index (χ3n) is 6.35. The summed E-state index contributed by atoms with van der Waals surface area (Å²) in [5.74, 6) is 1.65. The number of hydrogen-bond acceptors (Lipinski definition) is 5. The third-order valence-corrected chi connectivity index (χ3v) is 6.35. The Balaban J connectivity index is 1.32. The number of hydrogen-bond donors (Lipinski definition) is 1. The van der Waals surface area contributed by atoms with E-state index in [1.54, 1.807) is 12.4 Å². The van der Waals surface area contributed by atoms with E-state index in [-0.39, 0.29) is 5.91 Å². The largest absolute Gasteiger partial charge is 0.365 e. The highest BCUT2D eigenvalue weighted by Gasteiger charge is 2.25. The lowest BCUT2D eigenvalue weighted by Gasteiger charge is -2.36. The molecule has 1 amide bonds. The van der Waals surface area contributed by atoms with Gasteiger partial charge in [-0.2, -0.15) is 0 Å². The van der Waals surface area contributed by atoms with E-state index < -0.39 is 0 Å². The summed E-state index contributed by atoms with van der Waals surface area (Å²) in [5, 5.41) is 3.55. The van der Waals surface area contributed by atoms with Gasteiger partial charge in [-0.05, 0) is 51.0 Å². The van der Waals surface area contributed by atoms with Gasteiger partial charge in [-0.3, -0.25) is 9.78 Å². The quantitative estimate of drug-likeness (QED) is 0.861. The molecular formula is C21H33N5O. The van der Waals surface area contributed by atoms with Crippen LogP contribution in [-0.2, 0) is 0 Å². The first-order valence-electron chi connectivity index (χ1n) is 10.9. The average molecular weight is 372 g/mol. The molecule has 1 saturated carbocycles. The lowest BCUT2D eigenvalue weighted by atomic mass is 9.88. The second-order valence-electron chi connectivity index (χ2n) is 8.54. The van der Waals surface area contributed by atoms with Gasteiger partial charge in [0.2, 0.25) is 0 Å². The van der Waals surface area contributed by atoms with Crippen molar-refractivity contribution in [2.24, 2.45) is 5.92 Å². The van der Waals surface area contributed by atoms with E-state index in [1.165, 1.54) is 51.6 Å². The second-order valence-corrected chi connectivity index (χ2v) is 8.54. The highest BCUT2D eigenvalue weighted by Crippen LogP contribution is 2.26. The topological polar surface area (TPSA) is 61.4 Å². The molecule has 2 aliphatic heterocycles. The van der Waals surface area contributed by atoms with Crippen LogP contribution in [0, 0.1) is 5.92 Å². The summed E-state index contributed by atoms with van der Waals surface area (Å²) in [5.41, 5.74) is 0.469. The van der Waals surface area contributed by atoms with E-state index in [0.29, 0.717) is 11.7 Å². The first-order valence-corrected chi connectivity index (χ1v) is 10.9. The van der Waals surface area contributed by atoms with Crippen LogP contribution >= 0.6 is 0 Å². The van der Waals surface area contributed by atoms with Gasteiger partial charge in [-0.15, -0.1) is 0 Å². The van der Waals surface area contributed by atoms with Crippen LogP contribution in [0.15, 0.2) is 12.4 Å². The Hall–Kier alpha value is -1.69. The van der Waals surface area contributed by atoms with Crippen molar-refractivity contribution in [3.05, 3.63) is 18.1 Å². The minimum atomic E-state index is 0.0196. The van der Waals surface area contributed by atoms with Crippen LogP contribution in [0.3, 0.4) is 0 Å². The Kier molecular flexibility index (Phi) is 6.22. The van der Waals surface area contributed by atoms with Gasteiger partial charge in [0, 0.05) is 32.2 Å². The maximum atomic E-state index is 12.6. The minimum absolute atomic E-state index is 0.0196. The van der Waals surface area contributed by atoms with E-state index in [0.717, 1.165) is 50.6 Å². The first-order chi connectivity index (χ1) is 13.3. The number of anilines is 1. The molecule has 1 aromatic rings. The summed E-state index contributed by atoms with van der Waals surface area (Å²) in [7, 11) is 0. The molecule has 148 valence electrons. The Morgan fingerprint density at radius 3 is 2.63 bits per heavy atom. The van der Waals surface area contributed by atoms with Gasteiger partial charge in [0.05, 0.1) is 12.4 Å². The highest BCUT2D eigenvalue weighted by molar-refractivity contribution is 5.92. The number of carbonyl (C=O) groups is 1. The predicted molar refractivity (Wildman–Crippen MR) is 107 cm³/mol. The van der Waals surface area contributed by atoms with Gasteiger partial charge < -0.3 is 15.1 Å². The van der Waals surface area contributed by atoms with Crippen LogP contribution < -0.4 is 5.32 Å². The van der Waals surface area contributed by atoms with E-state index in [1.807, 2.05) is 4.90 Å². The summed E-state index contributed by atoms with van der Waals surface area (Å²) < 4.78 is 0. The predicted octanol–water partition coefficient (Wildman–Crippen LogP) is 3.17. The molecule has 3 fully saturated rings. The van der Waals surface area contributed by atoms with Crippen molar-refractivity contribution in [3.63, 3.8) is 0 Å². The monoisotopic (exact) mass is 371 g/mol. The molecule has 6 nitrogen and oxygen atoms in total. The number of nitrogens with one attached hydrogen (secondary N) is 1. The smallest absolute Gasteiger partial charge is 0.274 e. The number of carbonyl (C=O) groups excluding carboxylic acids is 1. The molecule has 2 saturated heterocycles. The third kappa shape index (κ3) is 4.98. The van der Waals surface area contributed by atoms with Gasteiger partial charge in [0.25, 0.3) is 5.91 Å². The van der Waals surface area contributed by atoms with Crippen LogP contribution in [0.2, 0.25) is 0 Å². The molecule has 1 aliphatic carbocycles. The summed E-state index contributed by atoms with van der Waals surface area (Å²) in [6, 6.07) is 0.397. The van der Waals surface area contributed by atoms with E-state index in [2.05, 4.69) is 20.2 Å². The fraction of sp³-hybridized carbons (Fsp3) is 0.762. The highest BCUT2D eigenvalue weighted by atomic mass is 16.2. The second kappa shape index (κ2) is 9.00. The summed E-state index contributed by atoms with van der Waals surface area (Å²) >= 11 is 0. The molecule has 0 radical (unpaired) electrons. The SMILES string of the molecule is O=C(c1cncc(N[C@H]2CCCN(CC3CCCCC3)C2)n1)N1CCCC1. The van der Waals surface area contributed by atoms with Crippen LogP contribution in [0.5, 0.6) is 0 Å². The van der Waals surface area contributed by atoms with Crippen LogP contribution in [0.25, 0.3) is 0 Å². The number of likely N-dealkylation sites (tertiary alicyclic amines) is 2. The maximum Gasteiger partial charge on any atom is 0.274 e. The number of nitrogens with zero attached hydrogens (tertiary/aromatic N) is 4. The van der Waals surface area contributed by atoms with Gasteiger partial charge in [0.15, 0.2) is 0 Å². The van der Waals surface area contributed by atoms with Crippen molar-refractivity contribution in [3.8, 4) is 0 Å². The zero-order chi connectivity index (χ0) is 18.5. The van der Waals surface area contributed by atoms with Crippen LogP contribution in [-0.4, -0.2) is 64.4 Å². The molecule has 1 aromatic heterocycles. The molecule has 0 bridgehead atoms. The lowest BCUT2D eigenvalue weighted by molar-refractivity contribution is 0.0786. The van der Waals surface area contributed by atoms with Crippen molar-refractivity contribution in [2.45, 2.75) is 63.8 Å². The van der Waals surface area contributed by atoms with Crippen LogP contribution in [0.1, 0.15) is 68.3 Å². The van der Waals surface area contributed by atoms with Crippen molar-refractivity contribution >= 4 is 11.7 Å². The van der Waals surface area contributed by atoms with E-state index >= 15 is 0 Å². The van der Waals surface area contributed by atoms with Gasteiger partial charge in [-0.25, -0.2) is 4.98 Å². The molecule has 0 spiro atoms. The molecule has 0 unspecified atom stereocenters. The molecule has 0 aromatic carbocycles. The number of piperidine rings is 1. The zero-order valence-corrected chi connectivity index (χ0v) is 16.4. The molecule has 3 heterocycles. The number of aromatic nitrogens is 2. The number of rotatable bonds is 5. The normalized spacial score (nSPS) is 24.9.